The zero-order valence-corrected chi connectivity index (χ0v) is 21.2. The number of hydrogen-bond acceptors (Lipinski definition) is 4. The van der Waals surface area contributed by atoms with Gasteiger partial charge >= 0.3 is 0 Å². The quantitative estimate of drug-likeness (QED) is 0.454. The van der Waals surface area contributed by atoms with Crippen LogP contribution >= 0.6 is 0 Å². The number of hydrogen-bond donors (Lipinski definition) is 1. The maximum atomic E-state index is 13.8. The van der Waals surface area contributed by atoms with E-state index in [1.165, 1.54) is 0 Å². The molecular formula is C28H37N3O3. The maximum Gasteiger partial charge on any atom is 0.234 e. The second-order valence-corrected chi connectivity index (χ2v) is 9.92. The molecule has 2 amide bonds. The number of methoxy groups -OCH3 is 1. The van der Waals surface area contributed by atoms with Gasteiger partial charge in [0.05, 0.1) is 18.4 Å². The summed E-state index contributed by atoms with van der Waals surface area (Å²) in [5, 5.41) is 8.30. The molecule has 2 atom stereocenters. The average Bonchev–Trinajstić information content (AvgIpc) is 3.30. The molecule has 0 saturated carbocycles. The Hall–Kier alpha value is -3.15. The number of carbonyl (C=O) groups excluding carboxylic acids is 2. The fourth-order valence-electron chi connectivity index (χ4n) is 4.64. The van der Waals surface area contributed by atoms with E-state index in [-0.39, 0.29) is 29.5 Å². The van der Waals surface area contributed by atoms with Gasteiger partial charge in [-0.3, -0.25) is 15.0 Å². The molecule has 2 aromatic carbocycles. The van der Waals surface area contributed by atoms with Crippen molar-refractivity contribution in [3.05, 3.63) is 54.1 Å². The highest BCUT2D eigenvalue weighted by molar-refractivity contribution is 5.98. The molecule has 1 aliphatic heterocycles. The highest BCUT2D eigenvalue weighted by Crippen LogP contribution is 2.39. The van der Waals surface area contributed by atoms with Crippen molar-refractivity contribution in [3.8, 4) is 16.9 Å². The fraction of sp³-hybridized carbons (Fsp3) is 0.464. The summed E-state index contributed by atoms with van der Waals surface area (Å²) in [4.78, 5) is 28.9. The van der Waals surface area contributed by atoms with Gasteiger partial charge in [0.2, 0.25) is 11.8 Å². The minimum absolute atomic E-state index is 0.0550. The Morgan fingerprint density at radius 1 is 1.15 bits per heavy atom. The summed E-state index contributed by atoms with van der Waals surface area (Å²) in [6.07, 6.45) is 0.856. The van der Waals surface area contributed by atoms with Gasteiger partial charge in [0, 0.05) is 26.6 Å². The molecule has 1 aliphatic rings. The van der Waals surface area contributed by atoms with Crippen LogP contribution in [0.5, 0.6) is 5.75 Å². The molecular weight excluding hydrogens is 426 g/mol. The Labute approximate surface area is 203 Å². The third-order valence-electron chi connectivity index (χ3n) is 7.25. The van der Waals surface area contributed by atoms with E-state index < -0.39 is 5.41 Å². The molecule has 0 spiro atoms. The van der Waals surface area contributed by atoms with Crippen molar-refractivity contribution in [2.24, 2.45) is 11.3 Å². The van der Waals surface area contributed by atoms with Crippen molar-refractivity contribution in [1.29, 1.82) is 5.41 Å². The zero-order chi connectivity index (χ0) is 25.0. The molecule has 1 heterocycles. The largest absolute Gasteiger partial charge is 0.497 e. The Morgan fingerprint density at radius 2 is 1.79 bits per heavy atom. The van der Waals surface area contributed by atoms with Gasteiger partial charge in [-0.1, -0.05) is 57.2 Å². The molecule has 1 unspecified atom stereocenters. The summed E-state index contributed by atoms with van der Waals surface area (Å²) in [7, 11) is 1.66. The number of likely N-dealkylation sites (tertiary alicyclic amines) is 1. The lowest BCUT2D eigenvalue weighted by Crippen LogP contribution is -2.47. The number of benzene rings is 2. The number of nitrogens with one attached hydrogen (secondary N) is 1. The fourth-order valence-corrected chi connectivity index (χ4v) is 4.64. The first kappa shape index (κ1) is 25.5. The molecule has 1 N–H and O–H groups in total. The predicted octanol–water partition coefficient (Wildman–Crippen LogP) is 5.19. The highest BCUT2D eigenvalue weighted by atomic mass is 16.5. The van der Waals surface area contributed by atoms with Crippen LogP contribution in [0.3, 0.4) is 0 Å². The summed E-state index contributed by atoms with van der Waals surface area (Å²) < 4.78 is 5.37. The third-order valence-corrected chi connectivity index (χ3v) is 7.25. The Balaban J connectivity index is 1.81. The summed E-state index contributed by atoms with van der Waals surface area (Å²) in [5.74, 6) is 1.19. The Morgan fingerprint density at radius 3 is 2.38 bits per heavy atom. The van der Waals surface area contributed by atoms with Crippen molar-refractivity contribution in [3.63, 3.8) is 0 Å². The van der Waals surface area contributed by atoms with Crippen LogP contribution in [0.2, 0.25) is 0 Å². The number of carbonyl (C=O) groups is 2. The van der Waals surface area contributed by atoms with Gasteiger partial charge in [0.15, 0.2) is 0 Å². The van der Waals surface area contributed by atoms with E-state index in [0.717, 1.165) is 35.4 Å². The van der Waals surface area contributed by atoms with Crippen molar-refractivity contribution < 1.29 is 14.3 Å². The van der Waals surface area contributed by atoms with Crippen LogP contribution in [-0.4, -0.2) is 54.2 Å². The highest BCUT2D eigenvalue weighted by Gasteiger charge is 2.40. The van der Waals surface area contributed by atoms with Gasteiger partial charge < -0.3 is 14.5 Å². The third kappa shape index (κ3) is 5.49. The SMILES string of the molecule is COc1cccc(-c2cccc([C@@H](C)C(C)(C)C(=O)N(CC3CCN(C(C)=O)C3)C(C)=N)c2)c1. The van der Waals surface area contributed by atoms with E-state index in [2.05, 4.69) is 31.2 Å². The van der Waals surface area contributed by atoms with E-state index in [0.29, 0.717) is 13.1 Å². The molecule has 1 saturated heterocycles. The van der Waals surface area contributed by atoms with Gasteiger partial charge in [-0.15, -0.1) is 0 Å². The monoisotopic (exact) mass is 463 g/mol. The molecule has 1 fully saturated rings. The van der Waals surface area contributed by atoms with Gasteiger partial charge in [-0.2, -0.15) is 0 Å². The van der Waals surface area contributed by atoms with Crippen LogP contribution in [0.4, 0.5) is 0 Å². The minimum Gasteiger partial charge on any atom is -0.497 e. The molecule has 0 aromatic heterocycles. The summed E-state index contributed by atoms with van der Waals surface area (Å²) in [6.45, 7) is 11.1. The molecule has 6 nitrogen and oxygen atoms in total. The van der Waals surface area contributed by atoms with Gasteiger partial charge in [0.25, 0.3) is 0 Å². The zero-order valence-electron chi connectivity index (χ0n) is 21.2. The first-order chi connectivity index (χ1) is 16.0. The molecule has 3 rings (SSSR count). The van der Waals surface area contributed by atoms with E-state index in [1.54, 1.807) is 25.9 Å². The van der Waals surface area contributed by atoms with E-state index in [9.17, 15) is 9.59 Å². The summed E-state index contributed by atoms with van der Waals surface area (Å²) in [6, 6.07) is 16.2. The van der Waals surface area contributed by atoms with Gasteiger partial charge in [0.1, 0.15) is 5.75 Å². The van der Waals surface area contributed by atoms with Gasteiger partial charge in [-0.05, 0) is 54.0 Å². The van der Waals surface area contributed by atoms with Crippen LogP contribution in [-0.2, 0) is 9.59 Å². The standard InChI is InChI=1S/C28H37N3O3/c1-19(23-9-7-10-24(15-23)25-11-8-12-26(16-25)34-6)28(4,5)27(33)31(20(2)29)18-22-13-14-30(17-22)21(3)32/h7-12,15-16,19,22,29H,13-14,17-18H2,1-6H3/t19-,22?/m1/s1. The molecule has 6 heteroatoms. The minimum atomic E-state index is -0.714. The molecule has 0 bridgehead atoms. The molecule has 2 aromatic rings. The number of nitrogens with zero attached hydrogens (tertiary/aromatic N) is 2. The number of ether oxygens (including phenoxy) is 1. The van der Waals surface area contributed by atoms with Crippen LogP contribution < -0.4 is 4.74 Å². The first-order valence-corrected chi connectivity index (χ1v) is 11.9. The van der Waals surface area contributed by atoms with Gasteiger partial charge in [-0.25, -0.2) is 0 Å². The number of amidine groups is 1. The van der Waals surface area contributed by atoms with Crippen LogP contribution in [0, 0.1) is 16.7 Å². The van der Waals surface area contributed by atoms with E-state index in [4.69, 9.17) is 10.1 Å². The summed E-state index contributed by atoms with van der Waals surface area (Å²) >= 11 is 0. The van der Waals surface area contributed by atoms with Crippen molar-refractivity contribution >= 4 is 17.6 Å². The second-order valence-electron chi connectivity index (χ2n) is 9.92. The lowest BCUT2D eigenvalue weighted by molar-refractivity contribution is -0.137. The van der Waals surface area contributed by atoms with Crippen molar-refractivity contribution in [2.75, 3.05) is 26.7 Å². The van der Waals surface area contributed by atoms with Crippen LogP contribution in [0.1, 0.15) is 52.5 Å². The lowest BCUT2D eigenvalue weighted by atomic mass is 9.74. The molecule has 0 radical (unpaired) electrons. The van der Waals surface area contributed by atoms with E-state index >= 15 is 0 Å². The second kappa shape index (κ2) is 10.4. The van der Waals surface area contributed by atoms with Crippen LogP contribution in [0.15, 0.2) is 48.5 Å². The summed E-state index contributed by atoms with van der Waals surface area (Å²) in [5.41, 5.74) is 2.49. The van der Waals surface area contributed by atoms with E-state index in [1.807, 2.05) is 43.0 Å². The molecule has 182 valence electrons. The topological polar surface area (TPSA) is 73.7 Å². The maximum absolute atomic E-state index is 13.8. The molecule has 34 heavy (non-hydrogen) atoms. The van der Waals surface area contributed by atoms with Crippen molar-refractivity contribution in [2.45, 2.75) is 47.0 Å². The van der Waals surface area contributed by atoms with Crippen molar-refractivity contribution in [1.82, 2.24) is 9.80 Å². The normalized spacial score (nSPS) is 16.8. The Kier molecular flexibility index (Phi) is 7.80. The number of amides is 2. The predicted molar refractivity (Wildman–Crippen MR) is 136 cm³/mol. The Bertz CT molecular complexity index is 1060. The molecule has 0 aliphatic carbocycles. The smallest absolute Gasteiger partial charge is 0.234 e. The number of rotatable bonds is 7. The lowest BCUT2D eigenvalue weighted by Gasteiger charge is -2.37. The average molecular weight is 464 g/mol. The van der Waals surface area contributed by atoms with Crippen LogP contribution in [0.25, 0.3) is 11.1 Å². The first-order valence-electron chi connectivity index (χ1n) is 11.9.